The van der Waals surface area contributed by atoms with Crippen molar-refractivity contribution in [2.24, 2.45) is 0 Å². The van der Waals surface area contributed by atoms with E-state index in [1.54, 1.807) is 30.3 Å². The van der Waals surface area contributed by atoms with Crippen molar-refractivity contribution in [3.05, 3.63) is 58.6 Å². The lowest BCUT2D eigenvalue weighted by molar-refractivity contribution is -0.189. The van der Waals surface area contributed by atoms with Crippen LogP contribution in [0, 0.1) is 0 Å². The maximum absolute atomic E-state index is 12.3. The minimum atomic E-state index is -1.02. The summed E-state index contributed by atoms with van der Waals surface area (Å²) < 4.78 is 17.3. The molecule has 1 amide bonds. The molecule has 26 heavy (non-hydrogen) atoms. The number of aliphatic hydroxyl groups is 1. The van der Waals surface area contributed by atoms with Crippen LogP contribution in [0.5, 0.6) is 0 Å². The molecular weight excluding hydrogens is 342 g/mol. The molecule has 4 rings (SSSR count). The Morgan fingerprint density at radius 1 is 1.27 bits per heavy atom. The van der Waals surface area contributed by atoms with Crippen LogP contribution in [0.15, 0.2) is 47.4 Å². The van der Waals surface area contributed by atoms with E-state index in [4.69, 9.17) is 14.2 Å². The van der Waals surface area contributed by atoms with Gasteiger partial charge < -0.3 is 24.6 Å². The average Bonchev–Trinajstić information content (AvgIpc) is 2.99. The summed E-state index contributed by atoms with van der Waals surface area (Å²) >= 11 is 0. The largest absolute Gasteiger partial charge is 0.386 e. The van der Waals surface area contributed by atoms with Crippen LogP contribution in [-0.2, 0) is 14.2 Å². The minimum Gasteiger partial charge on any atom is -0.386 e. The highest BCUT2D eigenvalue weighted by Crippen LogP contribution is 2.32. The maximum Gasteiger partial charge on any atom is 0.351 e. The molecule has 0 radical (unpaired) electrons. The number of fused-ring (bicyclic) bond motifs is 1. The quantitative estimate of drug-likeness (QED) is 0.801. The van der Waals surface area contributed by atoms with Crippen LogP contribution < -0.4 is 11.0 Å². The Balaban J connectivity index is 1.51. The topological polar surface area (TPSA) is 112 Å². The van der Waals surface area contributed by atoms with Crippen molar-refractivity contribution in [2.45, 2.75) is 24.5 Å². The lowest BCUT2D eigenvalue weighted by Gasteiger charge is -2.25. The maximum atomic E-state index is 12.3. The van der Waals surface area contributed by atoms with Crippen LogP contribution in [0.3, 0.4) is 0 Å². The van der Waals surface area contributed by atoms with Gasteiger partial charge in [-0.2, -0.15) is 4.98 Å². The molecule has 2 aliphatic heterocycles. The van der Waals surface area contributed by atoms with E-state index in [1.807, 2.05) is 0 Å². The molecule has 2 fully saturated rings. The van der Waals surface area contributed by atoms with Crippen LogP contribution in [0.2, 0.25) is 0 Å². The predicted molar refractivity (Wildman–Crippen MR) is 88.5 cm³/mol. The van der Waals surface area contributed by atoms with E-state index in [0.717, 1.165) is 0 Å². The first kappa shape index (κ1) is 16.9. The number of carbonyl (C=O) groups excluding carboxylic acids is 1. The third-order valence-electron chi connectivity index (χ3n) is 4.32. The van der Waals surface area contributed by atoms with E-state index < -0.39 is 30.2 Å². The van der Waals surface area contributed by atoms with Gasteiger partial charge >= 0.3 is 5.69 Å². The summed E-state index contributed by atoms with van der Waals surface area (Å²) in [6, 6.07) is 10.1. The molecule has 9 nitrogen and oxygen atoms in total. The van der Waals surface area contributed by atoms with Crippen LogP contribution in [0.4, 0.5) is 5.82 Å². The second kappa shape index (κ2) is 6.96. The Morgan fingerprint density at radius 2 is 2.08 bits per heavy atom. The Labute approximate surface area is 148 Å². The summed E-state index contributed by atoms with van der Waals surface area (Å²) in [6.45, 7) is 0.359. The highest BCUT2D eigenvalue weighted by molar-refractivity contribution is 6.03. The number of anilines is 1. The monoisotopic (exact) mass is 359 g/mol. The van der Waals surface area contributed by atoms with Gasteiger partial charge in [0.1, 0.15) is 30.9 Å². The number of ether oxygens (including phenoxy) is 3. The van der Waals surface area contributed by atoms with Crippen LogP contribution in [0.1, 0.15) is 16.6 Å². The Hall–Kier alpha value is -2.59. The summed E-state index contributed by atoms with van der Waals surface area (Å²) in [7, 11) is 0. The molecule has 1 aromatic heterocycles. The van der Waals surface area contributed by atoms with Crippen molar-refractivity contribution in [1.82, 2.24) is 9.55 Å². The van der Waals surface area contributed by atoms with Crippen molar-refractivity contribution in [1.29, 1.82) is 0 Å². The van der Waals surface area contributed by atoms with Crippen molar-refractivity contribution in [3.63, 3.8) is 0 Å². The first-order valence-corrected chi connectivity index (χ1v) is 8.12. The fourth-order valence-corrected chi connectivity index (χ4v) is 3.03. The molecule has 2 aromatic rings. The molecule has 1 aromatic carbocycles. The van der Waals surface area contributed by atoms with Gasteiger partial charge in [0.2, 0.25) is 0 Å². The molecule has 0 aliphatic carbocycles. The van der Waals surface area contributed by atoms with Gasteiger partial charge in [-0.3, -0.25) is 9.36 Å². The molecule has 0 spiro atoms. The molecule has 1 unspecified atom stereocenters. The lowest BCUT2D eigenvalue weighted by atomic mass is 10.1. The highest BCUT2D eigenvalue weighted by atomic mass is 16.7. The van der Waals surface area contributed by atoms with E-state index in [1.165, 1.54) is 16.8 Å². The molecule has 9 heteroatoms. The number of rotatable bonds is 3. The number of carbonyl (C=O) groups is 1. The van der Waals surface area contributed by atoms with Crippen molar-refractivity contribution in [2.75, 3.05) is 18.7 Å². The fourth-order valence-electron chi connectivity index (χ4n) is 3.03. The number of hydrogen-bond donors (Lipinski definition) is 2. The second-order valence-corrected chi connectivity index (χ2v) is 6.00. The van der Waals surface area contributed by atoms with Gasteiger partial charge in [0.15, 0.2) is 6.23 Å². The Bertz CT molecular complexity index is 855. The number of aliphatic hydroxyl groups excluding tert-OH is 1. The molecular formula is C17H17N3O6. The Morgan fingerprint density at radius 3 is 2.81 bits per heavy atom. The van der Waals surface area contributed by atoms with Crippen molar-refractivity contribution in [3.8, 4) is 0 Å². The average molecular weight is 359 g/mol. The van der Waals surface area contributed by atoms with E-state index in [0.29, 0.717) is 5.56 Å². The number of aromatic nitrogens is 2. The zero-order chi connectivity index (χ0) is 18.1. The molecule has 0 saturated carbocycles. The lowest BCUT2D eigenvalue weighted by Crippen LogP contribution is -2.41. The SMILES string of the molecule is O=C(Nc1ccn([C@@H]2O[C@H]3COCOC3[C@@H]2O)c(=O)n1)c1ccccc1. The first-order valence-electron chi connectivity index (χ1n) is 8.12. The normalized spacial score (nSPS) is 27.7. The van der Waals surface area contributed by atoms with Gasteiger partial charge in [-0.05, 0) is 18.2 Å². The smallest absolute Gasteiger partial charge is 0.351 e. The zero-order valence-electron chi connectivity index (χ0n) is 13.6. The van der Waals surface area contributed by atoms with Crippen molar-refractivity contribution < 1.29 is 24.1 Å². The summed E-state index contributed by atoms with van der Waals surface area (Å²) in [5.74, 6) is -0.256. The van der Waals surface area contributed by atoms with Crippen LogP contribution in [-0.4, -0.2) is 52.3 Å². The van der Waals surface area contributed by atoms with E-state index in [-0.39, 0.29) is 25.1 Å². The number of nitrogens with zero attached hydrogens (tertiary/aromatic N) is 2. The minimum absolute atomic E-state index is 0.0753. The number of benzene rings is 1. The molecule has 2 aliphatic rings. The molecule has 0 bridgehead atoms. The van der Waals surface area contributed by atoms with Gasteiger partial charge in [0.25, 0.3) is 5.91 Å². The predicted octanol–water partition coefficient (Wildman–Crippen LogP) is 0.127. The van der Waals surface area contributed by atoms with Gasteiger partial charge in [-0.25, -0.2) is 4.79 Å². The zero-order valence-corrected chi connectivity index (χ0v) is 13.6. The number of amides is 1. The summed E-state index contributed by atoms with van der Waals surface area (Å²) in [4.78, 5) is 28.3. The molecule has 3 heterocycles. The second-order valence-electron chi connectivity index (χ2n) is 6.00. The summed E-state index contributed by atoms with van der Waals surface area (Å²) in [5.41, 5.74) is -0.200. The van der Waals surface area contributed by atoms with Gasteiger partial charge in [0, 0.05) is 11.8 Å². The van der Waals surface area contributed by atoms with Crippen LogP contribution >= 0.6 is 0 Å². The van der Waals surface area contributed by atoms with Crippen LogP contribution in [0.25, 0.3) is 0 Å². The third kappa shape index (κ3) is 3.13. The van der Waals surface area contributed by atoms with E-state index in [2.05, 4.69) is 10.3 Å². The molecule has 2 saturated heterocycles. The summed E-state index contributed by atoms with van der Waals surface area (Å²) in [5, 5.41) is 12.9. The van der Waals surface area contributed by atoms with Gasteiger partial charge in [-0.1, -0.05) is 18.2 Å². The third-order valence-corrected chi connectivity index (χ3v) is 4.32. The summed E-state index contributed by atoms with van der Waals surface area (Å²) in [6.07, 6.45) is -1.54. The molecule has 4 atom stereocenters. The number of nitrogens with one attached hydrogen (secondary N) is 1. The standard InChI is InChI=1S/C17H17N3O6/c21-13-14-11(8-24-9-25-14)26-16(13)20-7-6-12(19-17(20)23)18-15(22)10-4-2-1-3-5-10/h1-7,11,13-14,16,21H,8-9H2,(H,18,19,22,23)/t11-,13-,14?,16+/m0/s1. The van der Waals surface area contributed by atoms with Gasteiger partial charge in [0.05, 0.1) is 6.61 Å². The molecule has 136 valence electrons. The van der Waals surface area contributed by atoms with E-state index in [9.17, 15) is 14.7 Å². The molecule has 2 N–H and O–H groups in total. The first-order chi connectivity index (χ1) is 12.6. The fraction of sp³-hybridized carbons (Fsp3) is 0.353. The number of hydrogen-bond acceptors (Lipinski definition) is 7. The van der Waals surface area contributed by atoms with Crippen molar-refractivity contribution >= 4 is 11.7 Å². The highest BCUT2D eigenvalue weighted by Gasteiger charge is 2.47. The Kier molecular flexibility index (Phi) is 4.51. The van der Waals surface area contributed by atoms with Gasteiger partial charge in [-0.15, -0.1) is 0 Å². The van der Waals surface area contributed by atoms with E-state index >= 15 is 0 Å².